The maximum absolute atomic E-state index is 11.7. The number of nitrogens with one attached hydrogen (secondary N) is 1. The molecule has 0 radical (unpaired) electrons. The minimum Gasteiger partial charge on any atom is -0.634 e. The number of nitrogens with zero attached hydrogens (tertiary/aromatic N) is 1. The van der Waals surface area contributed by atoms with Crippen molar-refractivity contribution < 1.29 is 24.6 Å². The Morgan fingerprint density at radius 2 is 2.13 bits per heavy atom. The lowest BCUT2D eigenvalue weighted by Gasteiger charge is -2.43. The fourth-order valence-electron chi connectivity index (χ4n) is 1.22. The van der Waals surface area contributed by atoms with Gasteiger partial charge < -0.3 is 26.3 Å². The summed E-state index contributed by atoms with van der Waals surface area (Å²) in [5.41, 5.74) is 5.18. The van der Waals surface area contributed by atoms with Crippen LogP contribution in [-0.2, 0) is 9.63 Å². The normalized spacial score (nSPS) is 33.5. The highest BCUT2D eigenvalue weighted by Crippen LogP contribution is 2.07. The molecular weight excluding hydrogens is 206 g/mol. The Labute approximate surface area is 86.5 Å². The number of carbonyl (C=O) groups excluding carboxylic acids is 1. The van der Waals surface area contributed by atoms with E-state index in [9.17, 15) is 15.2 Å². The van der Waals surface area contributed by atoms with Crippen LogP contribution in [0.25, 0.3) is 0 Å². The molecule has 0 aromatic heterocycles. The molecule has 0 aliphatic carbocycles. The first-order valence-corrected chi connectivity index (χ1v) is 4.66. The Hall–Kier alpha value is -0.770. The summed E-state index contributed by atoms with van der Waals surface area (Å²) in [6.07, 6.45) is 0. The van der Waals surface area contributed by atoms with E-state index in [1.54, 1.807) is 0 Å². The van der Waals surface area contributed by atoms with Gasteiger partial charge in [0.15, 0.2) is 13.1 Å². The van der Waals surface area contributed by atoms with Crippen LogP contribution in [0.1, 0.15) is 0 Å². The molecule has 15 heavy (non-hydrogen) atoms. The zero-order valence-corrected chi connectivity index (χ0v) is 8.22. The van der Waals surface area contributed by atoms with Gasteiger partial charge in [-0.25, -0.2) is 4.79 Å². The highest BCUT2D eigenvalue weighted by Gasteiger charge is 2.31. The third kappa shape index (κ3) is 3.38. The van der Waals surface area contributed by atoms with Crippen molar-refractivity contribution >= 4 is 5.97 Å². The van der Waals surface area contributed by atoms with E-state index in [-0.39, 0.29) is 31.2 Å². The molecule has 0 aromatic rings. The highest BCUT2D eigenvalue weighted by atomic mass is 16.9. The van der Waals surface area contributed by atoms with E-state index in [1.807, 2.05) is 0 Å². The lowest BCUT2D eigenvalue weighted by molar-refractivity contribution is -1.09. The summed E-state index contributed by atoms with van der Waals surface area (Å²) in [7, 11) is 0. The van der Waals surface area contributed by atoms with Gasteiger partial charge in [0, 0.05) is 0 Å². The van der Waals surface area contributed by atoms with Crippen LogP contribution < -0.4 is 10.8 Å². The first kappa shape index (κ1) is 12.3. The number of piperazine rings is 1. The third-order valence-corrected chi connectivity index (χ3v) is 2.22. The van der Waals surface area contributed by atoms with Crippen molar-refractivity contribution in [3.63, 3.8) is 0 Å². The second-order valence-electron chi connectivity index (χ2n) is 3.50. The quantitative estimate of drug-likeness (QED) is 0.335. The van der Waals surface area contributed by atoms with Crippen molar-refractivity contribution in [2.75, 3.05) is 32.8 Å². The molecule has 1 heterocycles. The van der Waals surface area contributed by atoms with E-state index in [2.05, 4.69) is 4.84 Å². The molecule has 1 aliphatic rings. The highest BCUT2D eigenvalue weighted by molar-refractivity contribution is 5.74. The zero-order valence-electron chi connectivity index (χ0n) is 8.22. The Morgan fingerprint density at radius 3 is 2.60 bits per heavy atom. The third-order valence-electron chi connectivity index (χ3n) is 2.22. The second kappa shape index (κ2) is 4.84. The van der Waals surface area contributed by atoms with Crippen molar-refractivity contribution in [1.82, 2.24) is 0 Å². The molecule has 1 saturated heterocycles. The summed E-state index contributed by atoms with van der Waals surface area (Å²) >= 11 is 0. The first-order valence-electron chi connectivity index (χ1n) is 4.66. The topological polar surface area (TPSA) is 123 Å². The fourth-order valence-corrected chi connectivity index (χ4v) is 1.22. The molecule has 1 atom stereocenters. The Morgan fingerprint density at radius 1 is 1.60 bits per heavy atom. The average molecular weight is 221 g/mol. The van der Waals surface area contributed by atoms with Gasteiger partial charge >= 0.3 is 5.97 Å². The largest absolute Gasteiger partial charge is 0.634 e. The number of rotatable bonds is 3. The van der Waals surface area contributed by atoms with Gasteiger partial charge in [-0.1, -0.05) is 0 Å². The SMILES string of the molecule is N[C@@H](CO)C(=O)O[N+]1([O-])CC[NH+]([O-])CC1. The van der Waals surface area contributed by atoms with Crippen LogP contribution in [0.4, 0.5) is 0 Å². The number of quaternary nitrogens is 2. The van der Waals surface area contributed by atoms with Gasteiger partial charge in [0.25, 0.3) is 0 Å². The van der Waals surface area contributed by atoms with Gasteiger partial charge in [0.1, 0.15) is 19.1 Å². The molecule has 0 spiro atoms. The van der Waals surface area contributed by atoms with Crippen molar-refractivity contribution in [1.29, 1.82) is 0 Å². The van der Waals surface area contributed by atoms with Crippen LogP contribution in [0, 0.1) is 10.4 Å². The Balaban J connectivity index is 2.46. The lowest BCUT2D eigenvalue weighted by Crippen LogP contribution is -3.11. The van der Waals surface area contributed by atoms with E-state index in [0.717, 1.165) is 0 Å². The first-order chi connectivity index (χ1) is 6.97. The van der Waals surface area contributed by atoms with Crippen molar-refractivity contribution in [2.45, 2.75) is 6.04 Å². The number of aliphatic hydroxyl groups excluding tert-OH is 1. The van der Waals surface area contributed by atoms with Crippen LogP contribution in [0.5, 0.6) is 0 Å². The summed E-state index contributed by atoms with van der Waals surface area (Å²) in [5, 5.41) is 31.1. The molecule has 88 valence electrons. The van der Waals surface area contributed by atoms with Gasteiger partial charge in [-0.15, -0.1) is 0 Å². The van der Waals surface area contributed by atoms with Gasteiger partial charge in [-0.05, 0) is 0 Å². The number of carbonyl (C=O) groups is 1. The number of hydrogen-bond acceptors (Lipinski definition) is 6. The van der Waals surface area contributed by atoms with Crippen molar-refractivity contribution in [3.8, 4) is 0 Å². The van der Waals surface area contributed by atoms with Crippen molar-refractivity contribution in [3.05, 3.63) is 10.4 Å². The maximum Gasteiger partial charge on any atom is 0.385 e. The number of aliphatic hydroxyl groups is 1. The smallest absolute Gasteiger partial charge is 0.385 e. The van der Waals surface area contributed by atoms with Crippen LogP contribution in [-0.4, -0.2) is 54.7 Å². The van der Waals surface area contributed by atoms with E-state index in [0.29, 0.717) is 0 Å². The molecule has 8 heteroatoms. The molecule has 1 fully saturated rings. The number of hydroxylamine groups is 6. The molecule has 0 amide bonds. The predicted molar refractivity (Wildman–Crippen MR) is 48.6 cm³/mol. The molecule has 4 N–H and O–H groups in total. The van der Waals surface area contributed by atoms with Crippen molar-refractivity contribution in [2.24, 2.45) is 5.73 Å². The van der Waals surface area contributed by atoms with Gasteiger partial charge in [-0.3, -0.25) is 4.84 Å². The van der Waals surface area contributed by atoms with E-state index >= 15 is 0 Å². The minimum absolute atomic E-state index is 0.0119. The monoisotopic (exact) mass is 221 g/mol. The van der Waals surface area contributed by atoms with Crippen LogP contribution in [0.2, 0.25) is 0 Å². The number of nitrogens with two attached hydrogens (primary N) is 1. The minimum atomic E-state index is -1.20. The average Bonchev–Trinajstić information content (AvgIpc) is 2.21. The number of hydrogen-bond donors (Lipinski definition) is 3. The summed E-state index contributed by atoms with van der Waals surface area (Å²) in [5.74, 6) is -0.943. The molecule has 0 aromatic carbocycles. The summed E-state index contributed by atoms with van der Waals surface area (Å²) in [4.78, 5) is 14.5. The molecule has 0 bridgehead atoms. The molecule has 0 unspecified atom stereocenters. The second-order valence-corrected chi connectivity index (χ2v) is 3.50. The fraction of sp³-hybridized carbons (Fsp3) is 0.857. The van der Waals surface area contributed by atoms with Gasteiger partial charge in [-0.2, -0.15) is 4.81 Å². The predicted octanol–water partition coefficient (Wildman–Crippen LogP) is -3.52. The van der Waals surface area contributed by atoms with Crippen LogP contribution >= 0.6 is 0 Å². The molecule has 0 saturated carbocycles. The van der Waals surface area contributed by atoms with E-state index < -0.39 is 23.4 Å². The Bertz CT molecular complexity index is 229. The van der Waals surface area contributed by atoms with Gasteiger partial charge in [0.05, 0.1) is 6.61 Å². The molecule has 1 rings (SSSR count). The van der Waals surface area contributed by atoms with Crippen LogP contribution in [0.3, 0.4) is 0 Å². The summed E-state index contributed by atoms with van der Waals surface area (Å²) in [6, 6.07) is -1.20. The van der Waals surface area contributed by atoms with Crippen LogP contribution in [0.15, 0.2) is 0 Å². The molecular formula is C7H15N3O5. The van der Waals surface area contributed by atoms with Gasteiger partial charge in [0.2, 0.25) is 0 Å². The zero-order chi connectivity index (χ0) is 11.5. The molecule has 1 aliphatic heterocycles. The lowest BCUT2D eigenvalue weighted by atomic mass is 10.3. The summed E-state index contributed by atoms with van der Waals surface area (Å²) < 4.78 is 0. The Kier molecular flexibility index (Phi) is 3.97. The van der Waals surface area contributed by atoms with E-state index in [1.165, 1.54) is 0 Å². The summed E-state index contributed by atoms with van der Waals surface area (Å²) in [6.45, 7) is -0.528. The van der Waals surface area contributed by atoms with E-state index in [4.69, 9.17) is 10.8 Å². The maximum atomic E-state index is 11.7. The standard InChI is InChI=1S/C7H15N3O5/c8-6(5-11)7(12)15-10(14)3-1-9(13)2-4-10/h6,9,11H,1-5,8H2/t6-/m0/s1. The molecule has 8 nitrogen and oxygen atoms in total.